The first-order valence-corrected chi connectivity index (χ1v) is 8.30. The van der Waals surface area contributed by atoms with Crippen LogP contribution in [0, 0.1) is 6.92 Å². The van der Waals surface area contributed by atoms with Crippen molar-refractivity contribution in [2.24, 2.45) is 0 Å². The SMILES string of the molecule is Cc1cncc(OC2CCN(c3ncc(Br)cc3Cl)CC2)n1. The summed E-state index contributed by atoms with van der Waals surface area (Å²) in [7, 11) is 0. The topological polar surface area (TPSA) is 51.1 Å². The van der Waals surface area contributed by atoms with Crippen LogP contribution in [0.5, 0.6) is 5.88 Å². The zero-order chi connectivity index (χ0) is 15.5. The summed E-state index contributed by atoms with van der Waals surface area (Å²) in [6.07, 6.45) is 7.12. The van der Waals surface area contributed by atoms with E-state index in [1.165, 1.54) is 0 Å². The Balaban J connectivity index is 1.60. The van der Waals surface area contributed by atoms with Crippen molar-refractivity contribution in [1.82, 2.24) is 15.0 Å². The monoisotopic (exact) mass is 382 g/mol. The first kappa shape index (κ1) is 15.5. The van der Waals surface area contributed by atoms with Gasteiger partial charge in [0.15, 0.2) is 0 Å². The maximum absolute atomic E-state index is 6.26. The van der Waals surface area contributed by atoms with Gasteiger partial charge in [-0.1, -0.05) is 11.6 Å². The average Bonchev–Trinajstić information content (AvgIpc) is 2.48. The van der Waals surface area contributed by atoms with Crippen molar-refractivity contribution in [3.63, 3.8) is 0 Å². The maximum atomic E-state index is 6.26. The predicted octanol–water partition coefficient (Wildman–Crippen LogP) is 3.64. The van der Waals surface area contributed by atoms with E-state index in [1.54, 1.807) is 18.6 Å². The third-order valence-electron chi connectivity index (χ3n) is 3.55. The third kappa shape index (κ3) is 3.67. The summed E-state index contributed by atoms with van der Waals surface area (Å²) in [6.45, 7) is 3.63. The number of nitrogens with zero attached hydrogens (tertiary/aromatic N) is 4. The van der Waals surface area contributed by atoms with Gasteiger partial charge in [-0.3, -0.25) is 4.98 Å². The van der Waals surface area contributed by atoms with Crippen molar-refractivity contribution in [2.75, 3.05) is 18.0 Å². The van der Waals surface area contributed by atoms with Crippen LogP contribution in [0.15, 0.2) is 29.1 Å². The van der Waals surface area contributed by atoms with Crippen molar-refractivity contribution in [3.8, 4) is 5.88 Å². The van der Waals surface area contributed by atoms with Gasteiger partial charge < -0.3 is 9.64 Å². The standard InChI is InChI=1S/C15H16BrClN4O/c1-10-7-18-9-14(20-10)22-12-2-4-21(5-3-12)15-13(17)6-11(16)8-19-15/h6-9,12H,2-5H2,1H3. The second-order valence-corrected chi connectivity index (χ2v) is 6.58. The van der Waals surface area contributed by atoms with Gasteiger partial charge in [-0.2, -0.15) is 0 Å². The molecule has 3 rings (SSSR count). The highest BCUT2D eigenvalue weighted by atomic mass is 79.9. The molecule has 1 aliphatic heterocycles. The molecule has 2 aromatic rings. The molecule has 0 atom stereocenters. The summed E-state index contributed by atoms with van der Waals surface area (Å²) in [5.41, 5.74) is 0.862. The largest absolute Gasteiger partial charge is 0.473 e. The molecule has 1 aliphatic rings. The van der Waals surface area contributed by atoms with E-state index in [9.17, 15) is 0 Å². The van der Waals surface area contributed by atoms with Gasteiger partial charge >= 0.3 is 0 Å². The molecule has 7 heteroatoms. The third-order valence-corrected chi connectivity index (χ3v) is 4.26. The second-order valence-electron chi connectivity index (χ2n) is 5.26. The lowest BCUT2D eigenvalue weighted by Crippen LogP contribution is -2.39. The zero-order valence-corrected chi connectivity index (χ0v) is 14.5. The molecule has 0 bridgehead atoms. The van der Waals surface area contributed by atoms with Gasteiger partial charge in [0.25, 0.3) is 0 Å². The van der Waals surface area contributed by atoms with Gasteiger partial charge in [0.2, 0.25) is 5.88 Å². The Morgan fingerprint density at radius 1 is 1.27 bits per heavy atom. The molecule has 0 unspecified atom stereocenters. The highest BCUT2D eigenvalue weighted by Crippen LogP contribution is 2.29. The molecule has 0 radical (unpaired) electrons. The number of hydrogen-bond donors (Lipinski definition) is 0. The Hall–Kier alpha value is -1.40. The quantitative estimate of drug-likeness (QED) is 0.810. The van der Waals surface area contributed by atoms with E-state index < -0.39 is 0 Å². The number of aryl methyl sites for hydroxylation is 1. The molecule has 2 aromatic heterocycles. The highest BCUT2D eigenvalue weighted by Gasteiger charge is 2.23. The molecular weight excluding hydrogens is 368 g/mol. The molecule has 5 nitrogen and oxygen atoms in total. The van der Waals surface area contributed by atoms with Crippen molar-refractivity contribution in [2.45, 2.75) is 25.9 Å². The molecule has 0 spiro atoms. The number of hydrogen-bond acceptors (Lipinski definition) is 5. The number of pyridine rings is 1. The fraction of sp³-hybridized carbons (Fsp3) is 0.400. The summed E-state index contributed by atoms with van der Waals surface area (Å²) in [5.74, 6) is 1.43. The van der Waals surface area contributed by atoms with Crippen molar-refractivity contribution in [1.29, 1.82) is 0 Å². The minimum Gasteiger partial charge on any atom is -0.473 e. The molecule has 0 N–H and O–H groups in total. The van der Waals surface area contributed by atoms with Gasteiger partial charge in [-0.25, -0.2) is 9.97 Å². The van der Waals surface area contributed by atoms with E-state index in [0.29, 0.717) is 10.9 Å². The van der Waals surface area contributed by atoms with E-state index in [-0.39, 0.29) is 6.10 Å². The molecule has 22 heavy (non-hydrogen) atoms. The maximum Gasteiger partial charge on any atom is 0.232 e. The van der Waals surface area contributed by atoms with Gasteiger partial charge in [-0.15, -0.1) is 0 Å². The molecule has 0 aliphatic carbocycles. The van der Waals surface area contributed by atoms with Gasteiger partial charge in [-0.05, 0) is 28.9 Å². The summed E-state index contributed by atoms with van der Waals surface area (Å²) in [5, 5.41) is 0.665. The Morgan fingerprint density at radius 3 is 2.73 bits per heavy atom. The minimum atomic E-state index is 0.154. The van der Waals surface area contributed by atoms with Crippen LogP contribution in [-0.4, -0.2) is 34.1 Å². The van der Waals surface area contributed by atoms with E-state index in [4.69, 9.17) is 16.3 Å². The molecule has 0 aromatic carbocycles. The van der Waals surface area contributed by atoms with E-state index in [1.807, 2.05) is 13.0 Å². The van der Waals surface area contributed by atoms with Crippen LogP contribution >= 0.6 is 27.5 Å². The number of piperidine rings is 1. The van der Waals surface area contributed by atoms with Crippen molar-refractivity contribution >= 4 is 33.3 Å². The van der Waals surface area contributed by atoms with Crippen LogP contribution in [0.25, 0.3) is 0 Å². The molecule has 116 valence electrons. The van der Waals surface area contributed by atoms with Crippen LogP contribution in [0.2, 0.25) is 5.02 Å². The normalized spacial score (nSPS) is 15.9. The number of anilines is 1. The Bertz CT molecular complexity index is 662. The van der Waals surface area contributed by atoms with Crippen LogP contribution in [0.4, 0.5) is 5.82 Å². The fourth-order valence-corrected chi connectivity index (χ4v) is 3.24. The van der Waals surface area contributed by atoms with Gasteiger partial charge in [0, 0.05) is 42.8 Å². The molecule has 3 heterocycles. The molecule has 0 saturated carbocycles. The van der Waals surface area contributed by atoms with E-state index >= 15 is 0 Å². The lowest BCUT2D eigenvalue weighted by atomic mass is 10.1. The minimum absolute atomic E-state index is 0.154. The van der Waals surface area contributed by atoms with Crippen LogP contribution in [0.3, 0.4) is 0 Å². The first-order valence-electron chi connectivity index (χ1n) is 7.13. The number of ether oxygens (including phenoxy) is 1. The zero-order valence-electron chi connectivity index (χ0n) is 12.2. The molecule has 1 saturated heterocycles. The van der Waals surface area contributed by atoms with Crippen LogP contribution in [0.1, 0.15) is 18.5 Å². The number of aromatic nitrogens is 3. The van der Waals surface area contributed by atoms with Crippen LogP contribution in [-0.2, 0) is 0 Å². The molecule has 1 fully saturated rings. The predicted molar refractivity (Wildman–Crippen MR) is 89.6 cm³/mol. The Labute approximate surface area is 142 Å². The van der Waals surface area contributed by atoms with Gasteiger partial charge in [0.1, 0.15) is 11.9 Å². The van der Waals surface area contributed by atoms with Gasteiger partial charge in [0.05, 0.1) is 16.9 Å². The number of halogens is 2. The second kappa shape index (κ2) is 6.79. The Morgan fingerprint density at radius 2 is 2.05 bits per heavy atom. The summed E-state index contributed by atoms with van der Waals surface area (Å²) in [4.78, 5) is 15.0. The van der Waals surface area contributed by atoms with Crippen molar-refractivity contribution in [3.05, 3.63) is 39.8 Å². The molecule has 0 amide bonds. The summed E-state index contributed by atoms with van der Waals surface area (Å²) in [6, 6.07) is 1.87. The lowest BCUT2D eigenvalue weighted by Gasteiger charge is -2.33. The average molecular weight is 384 g/mol. The van der Waals surface area contributed by atoms with E-state index in [2.05, 4.69) is 35.8 Å². The summed E-state index contributed by atoms with van der Waals surface area (Å²) < 4.78 is 6.80. The van der Waals surface area contributed by atoms with Crippen LogP contribution < -0.4 is 9.64 Å². The van der Waals surface area contributed by atoms with Crippen molar-refractivity contribution < 1.29 is 4.74 Å². The highest BCUT2D eigenvalue weighted by molar-refractivity contribution is 9.10. The number of rotatable bonds is 3. The Kier molecular flexibility index (Phi) is 4.78. The summed E-state index contributed by atoms with van der Waals surface area (Å²) >= 11 is 9.64. The van der Waals surface area contributed by atoms with E-state index in [0.717, 1.165) is 41.9 Å². The fourth-order valence-electron chi connectivity index (χ4n) is 2.49. The molecular formula is C15H16BrClN4O. The lowest BCUT2D eigenvalue weighted by molar-refractivity contribution is 0.163. The smallest absolute Gasteiger partial charge is 0.232 e. The first-order chi connectivity index (χ1) is 10.6.